The molecule has 138 valence electrons. The lowest BCUT2D eigenvalue weighted by Gasteiger charge is -2.15. The molecule has 0 aliphatic heterocycles. The van der Waals surface area contributed by atoms with Crippen LogP contribution >= 0.6 is 35.3 Å². The Morgan fingerprint density at radius 1 is 1.12 bits per heavy atom. The number of nitrogens with zero attached hydrogens (tertiary/aromatic N) is 1. The number of nitrogens with one attached hydrogen (secondary N) is 2. The Bertz CT molecular complexity index is 663. The van der Waals surface area contributed by atoms with Gasteiger partial charge in [-0.3, -0.25) is 4.99 Å². The van der Waals surface area contributed by atoms with E-state index in [0.717, 1.165) is 4.88 Å². The fourth-order valence-corrected chi connectivity index (χ4v) is 2.58. The van der Waals surface area contributed by atoms with E-state index in [1.54, 1.807) is 36.6 Å². The van der Waals surface area contributed by atoms with E-state index in [0.29, 0.717) is 24.6 Å². The molecular formula is C16H19F3IN3OS. The smallest absolute Gasteiger partial charge is 0.422 e. The summed E-state index contributed by atoms with van der Waals surface area (Å²) < 4.78 is 41.8. The quantitative estimate of drug-likeness (QED) is 0.367. The zero-order valence-electron chi connectivity index (χ0n) is 13.5. The van der Waals surface area contributed by atoms with Gasteiger partial charge in [0.1, 0.15) is 5.75 Å². The van der Waals surface area contributed by atoms with Crippen molar-refractivity contribution in [2.24, 2.45) is 4.99 Å². The zero-order valence-corrected chi connectivity index (χ0v) is 16.6. The van der Waals surface area contributed by atoms with Crippen molar-refractivity contribution in [1.29, 1.82) is 0 Å². The van der Waals surface area contributed by atoms with E-state index in [9.17, 15) is 13.2 Å². The molecule has 4 nitrogen and oxygen atoms in total. The van der Waals surface area contributed by atoms with Crippen LogP contribution in [0.1, 0.15) is 10.4 Å². The number of benzene rings is 1. The van der Waals surface area contributed by atoms with Gasteiger partial charge in [0.2, 0.25) is 0 Å². The lowest BCUT2D eigenvalue weighted by atomic mass is 10.2. The molecule has 0 unspecified atom stereocenters. The number of rotatable bonds is 6. The molecule has 1 aromatic carbocycles. The summed E-state index contributed by atoms with van der Waals surface area (Å²) in [4.78, 5) is 5.25. The molecule has 0 amide bonds. The van der Waals surface area contributed by atoms with Crippen LogP contribution in [0.15, 0.2) is 46.8 Å². The fraction of sp³-hybridized carbons (Fsp3) is 0.312. The van der Waals surface area contributed by atoms with Crippen molar-refractivity contribution in [1.82, 2.24) is 10.6 Å². The summed E-state index contributed by atoms with van der Waals surface area (Å²) in [5, 5.41) is 8.20. The Hall–Kier alpha value is -1.49. The highest BCUT2D eigenvalue weighted by Crippen LogP contribution is 2.22. The SMILES string of the molecule is CN=C(NCc1cccs1)NCc1ccccc1OCC(F)(F)F.I. The number of aliphatic imine (C=N–C) groups is 1. The second-order valence-corrected chi connectivity index (χ2v) is 5.90. The average Bonchev–Trinajstić information content (AvgIpc) is 3.06. The molecule has 0 fully saturated rings. The summed E-state index contributed by atoms with van der Waals surface area (Å²) in [6.45, 7) is -0.378. The minimum Gasteiger partial charge on any atom is -0.484 e. The third kappa shape index (κ3) is 7.95. The standard InChI is InChI=1S/C16H18F3N3OS.HI/c1-20-15(22-10-13-6-4-8-24-13)21-9-12-5-2-3-7-14(12)23-11-16(17,18)19;/h2-8H,9-11H2,1H3,(H2,20,21,22);1H. The van der Waals surface area contributed by atoms with Crippen LogP contribution in [-0.4, -0.2) is 25.8 Å². The maximum atomic E-state index is 12.3. The van der Waals surface area contributed by atoms with E-state index in [2.05, 4.69) is 15.6 Å². The minimum absolute atomic E-state index is 0. The van der Waals surface area contributed by atoms with Crippen LogP contribution in [0.4, 0.5) is 13.2 Å². The topological polar surface area (TPSA) is 45.7 Å². The fourth-order valence-electron chi connectivity index (χ4n) is 1.93. The molecule has 0 saturated carbocycles. The molecule has 1 aromatic heterocycles. The Labute approximate surface area is 165 Å². The predicted octanol–water partition coefficient (Wildman–Crippen LogP) is 4.17. The monoisotopic (exact) mass is 485 g/mol. The van der Waals surface area contributed by atoms with Crippen LogP contribution in [0.3, 0.4) is 0 Å². The summed E-state index contributed by atoms with van der Waals surface area (Å²) in [6.07, 6.45) is -4.36. The number of thiophene rings is 1. The normalized spacial score (nSPS) is 11.6. The van der Waals surface area contributed by atoms with Crippen molar-refractivity contribution in [3.05, 3.63) is 52.2 Å². The van der Waals surface area contributed by atoms with Crippen molar-refractivity contribution >= 4 is 41.3 Å². The largest absolute Gasteiger partial charge is 0.484 e. The Morgan fingerprint density at radius 3 is 2.48 bits per heavy atom. The van der Waals surface area contributed by atoms with Crippen LogP contribution in [0.25, 0.3) is 0 Å². The molecule has 1 heterocycles. The maximum Gasteiger partial charge on any atom is 0.422 e. The van der Waals surface area contributed by atoms with Gasteiger partial charge < -0.3 is 15.4 Å². The van der Waals surface area contributed by atoms with E-state index in [-0.39, 0.29) is 29.7 Å². The molecule has 0 spiro atoms. The molecule has 0 atom stereocenters. The third-order valence-electron chi connectivity index (χ3n) is 3.04. The van der Waals surface area contributed by atoms with Gasteiger partial charge in [-0.05, 0) is 17.5 Å². The van der Waals surface area contributed by atoms with Gasteiger partial charge in [-0.15, -0.1) is 35.3 Å². The van der Waals surface area contributed by atoms with E-state index in [4.69, 9.17) is 4.74 Å². The molecule has 2 rings (SSSR count). The summed E-state index contributed by atoms with van der Waals surface area (Å²) >= 11 is 1.63. The number of halogens is 4. The second-order valence-electron chi connectivity index (χ2n) is 4.87. The van der Waals surface area contributed by atoms with Crippen LogP contribution in [0.5, 0.6) is 5.75 Å². The maximum absolute atomic E-state index is 12.3. The molecule has 2 N–H and O–H groups in total. The zero-order chi connectivity index (χ0) is 17.4. The Morgan fingerprint density at radius 2 is 1.84 bits per heavy atom. The number of para-hydroxylation sites is 1. The van der Waals surface area contributed by atoms with Crippen molar-refractivity contribution in [3.63, 3.8) is 0 Å². The van der Waals surface area contributed by atoms with Gasteiger partial charge in [0.05, 0.1) is 6.54 Å². The van der Waals surface area contributed by atoms with E-state index < -0.39 is 12.8 Å². The molecule has 0 aliphatic carbocycles. The lowest BCUT2D eigenvalue weighted by molar-refractivity contribution is -0.153. The van der Waals surface area contributed by atoms with E-state index in [1.165, 1.54) is 6.07 Å². The van der Waals surface area contributed by atoms with Crippen LogP contribution in [0.2, 0.25) is 0 Å². The van der Waals surface area contributed by atoms with Crippen LogP contribution in [-0.2, 0) is 13.1 Å². The van der Waals surface area contributed by atoms with Crippen LogP contribution < -0.4 is 15.4 Å². The molecular weight excluding hydrogens is 466 g/mol. The molecule has 0 bridgehead atoms. The molecule has 0 aliphatic rings. The van der Waals surface area contributed by atoms with Crippen LogP contribution in [0, 0.1) is 0 Å². The molecule has 9 heteroatoms. The number of guanidine groups is 1. The van der Waals surface area contributed by atoms with Gasteiger partial charge >= 0.3 is 6.18 Å². The minimum atomic E-state index is -4.36. The number of ether oxygens (including phenoxy) is 1. The van der Waals surface area contributed by atoms with Gasteiger partial charge in [0.25, 0.3) is 0 Å². The highest BCUT2D eigenvalue weighted by molar-refractivity contribution is 14.0. The van der Waals surface area contributed by atoms with Gasteiger partial charge in [-0.1, -0.05) is 24.3 Å². The molecule has 2 aromatic rings. The summed E-state index contributed by atoms with van der Waals surface area (Å²) in [5.74, 6) is 0.769. The molecule has 0 saturated heterocycles. The summed E-state index contributed by atoms with van der Waals surface area (Å²) in [7, 11) is 1.63. The van der Waals surface area contributed by atoms with Crippen molar-refractivity contribution in [2.45, 2.75) is 19.3 Å². The first-order valence-electron chi connectivity index (χ1n) is 7.22. The number of hydrogen-bond acceptors (Lipinski definition) is 3. The van der Waals surface area contributed by atoms with Gasteiger partial charge in [-0.25, -0.2) is 0 Å². The van der Waals surface area contributed by atoms with E-state index >= 15 is 0 Å². The summed E-state index contributed by atoms with van der Waals surface area (Å²) in [6, 6.07) is 10.6. The first-order chi connectivity index (χ1) is 11.5. The number of hydrogen-bond donors (Lipinski definition) is 2. The van der Waals surface area contributed by atoms with Gasteiger partial charge in [0, 0.05) is 24.0 Å². The van der Waals surface area contributed by atoms with E-state index in [1.807, 2.05) is 17.5 Å². The number of alkyl halides is 3. The Kier molecular flexibility index (Phi) is 9.04. The van der Waals surface area contributed by atoms with Crippen molar-refractivity contribution in [2.75, 3.05) is 13.7 Å². The highest BCUT2D eigenvalue weighted by atomic mass is 127. The average molecular weight is 485 g/mol. The van der Waals surface area contributed by atoms with Gasteiger partial charge in [-0.2, -0.15) is 13.2 Å². The van der Waals surface area contributed by atoms with Gasteiger partial charge in [0.15, 0.2) is 12.6 Å². The Balaban J connectivity index is 0.00000312. The second kappa shape index (κ2) is 10.5. The van der Waals surface area contributed by atoms with Crippen molar-refractivity contribution < 1.29 is 17.9 Å². The van der Waals surface area contributed by atoms with Crippen molar-refractivity contribution in [3.8, 4) is 5.75 Å². The molecule has 0 radical (unpaired) electrons. The third-order valence-corrected chi connectivity index (χ3v) is 3.92. The predicted molar refractivity (Wildman–Crippen MR) is 105 cm³/mol. The lowest BCUT2D eigenvalue weighted by Crippen LogP contribution is -2.36. The summed E-state index contributed by atoms with van der Waals surface area (Å²) in [5.41, 5.74) is 0.626. The first kappa shape index (κ1) is 21.6. The molecule has 25 heavy (non-hydrogen) atoms. The highest BCUT2D eigenvalue weighted by Gasteiger charge is 2.28. The first-order valence-corrected chi connectivity index (χ1v) is 8.10.